The molecule has 1 N–H and O–H groups in total. The minimum atomic E-state index is -4.34. The molecule has 3 nitrogen and oxygen atoms in total. The minimum Gasteiger partial charge on any atom is -0.493 e. The topological polar surface area (TPSA) is 38.3 Å². The summed E-state index contributed by atoms with van der Waals surface area (Å²) in [5.41, 5.74) is 0.481. The molecule has 6 heteroatoms. The molecule has 0 fully saturated rings. The predicted molar refractivity (Wildman–Crippen MR) is 85.1 cm³/mol. The van der Waals surface area contributed by atoms with Crippen LogP contribution in [0, 0.1) is 0 Å². The zero-order valence-corrected chi connectivity index (χ0v) is 13.2. The Morgan fingerprint density at radius 1 is 1.08 bits per heavy atom. The Morgan fingerprint density at radius 2 is 1.75 bits per heavy atom. The van der Waals surface area contributed by atoms with Gasteiger partial charge in [-0.15, -0.1) is 0 Å². The van der Waals surface area contributed by atoms with Crippen molar-refractivity contribution < 1.29 is 22.7 Å². The Kier molecular flexibility index (Phi) is 5.84. The molecule has 2 aromatic rings. The molecule has 0 atom stereocenters. The molecule has 128 valence electrons. The number of halogens is 3. The molecule has 0 aliphatic rings. The standard InChI is InChI=1S/C18H18F3NO2/c1-2-24-16-6-4-3-5-15(16)17(23)22-12-11-13-7-9-14(10-8-13)18(19,20)21/h3-10H,2,11-12H2,1H3,(H,22,23). The molecular formula is C18H18F3NO2. The van der Waals surface area contributed by atoms with Crippen molar-refractivity contribution in [2.75, 3.05) is 13.2 Å². The van der Waals surface area contributed by atoms with Crippen molar-refractivity contribution in [2.45, 2.75) is 19.5 Å². The second-order valence-corrected chi connectivity index (χ2v) is 5.13. The van der Waals surface area contributed by atoms with E-state index in [1.807, 2.05) is 6.92 Å². The molecule has 0 radical (unpaired) electrons. The van der Waals surface area contributed by atoms with Gasteiger partial charge in [0.05, 0.1) is 17.7 Å². The van der Waals surface area contributed by atoms with Gasteiger partial charge in [-0.05, 0) is 43.2 Å². The lowest BCUT2D eigenvalue weighted by Crippen LogP contribution is -2.26. The zero-order valence-electron chi connectivity index (χ0n) is 13.2. The van der Waals surface area contributed by atoms with Crippen LogP contribution in [0.2, 0.25) is 0 Å². The third-order valence-corrected chi connectivity index (χ3v) is 3.41. The van der Waals surface area contributed by atoms with Crippen LogP contribution in [0.1, 0.15) is 28.4 Å². The van der Waals surface area contributed by atoms with Crippen LogP contribution in [0.5, 0.6) is 5.75 Å². The van der Waals surface area contributed by atoms with Gasteiger partial charge >= 0.3 is 6.18 Å². The van der Waals surface area contributed by atoms with Crippen molar-refractivity contribution in [1.82, 2.24) is 5.32 Å². The lowest BCUT2D eigenvalue weighted by atomic mass is 10.1. The van der Waals surface area contributed by atoms with Crippen LogP contribution >= 0.6 is 0 Å². The molecule has 1 amide bonds. The summed E-state index contributed by atoms with van der Waals surface area (Å²) in [6.45, 7) is 2.61. The van der Waals surface area contributed by atoms with Crippen LogP contribution in [-0.2, 0) is 12.6 Å². The molecule has 0 spiro atoms. The van der Waals surface area contributed by atoms with Crippen LogP contribution in [-0.4, -0.2) is 19.1 Å². The number of rotatable bonds is 6. The second kappa shape index (κ2) is 7.86. The van der Waals surface area contributed by atoms with E-state index < -0.39 is 11.7 Å². The maximum atomic E-state index is 12.5. The first kappa shape index (κ1) is 17.8. The highest BCUT2D eigenvalue weighted by Gasteiger charge is 2.29. The monoisotopic (exact) mass is 337 g/mol. The second-order valence-electron chi connectivity index (χ2n) is 5.13. The first-order valence-electron chi connectivity index (χ1n) is 7.58. The predicted octanol–water partition coefficient (Wildman–Crippen LogP) is 4.08. The molecule has 0 aromatic heterocycles. The Bertz CT molecular complexity index is 681. The highest BCUT2D eigenvalue weighted by Crippen LogP contribution is 2.29. The van der Waals surface area contributed by atoms with Gasteiger partial charge in [-0.3, -0.25) is 4.79 Å². The average molecular weight is 337 g/mol. The van der Waals surface area contributed by atoms with Crippen molar-refractivity contribution in [3.05, 3.63) is 65.2 Å². The van der Waals surface area contributed by atoms with Gasteiger partial charge in [0.2, 0.25) is 0 Å². The Hall–Kier alpha value is -2.50. The average Bonchev–Trinajstić information content (AvgIpc) is 2.55. The number of carbonyl (C=O) groups excluding carboxylic acids is 1. The van der Waals surface area contributed by atoms with E-state index in [0.717, 1.165) is 17.7 Å². The number of ether oxygens (including phenoxy) is 1. The first-order chi connectivity index (χ1) is 11.4. The smallest absolute Gasteiger partial charge is 0.416 e. The minimum absolute atomic E-state index is 0.272. The zero-order chi connectivity index (χ0) is 17.6. The molecule has 0 bridgehead atoms. The summed E-state index contributed by atoms with van der Waals surface area (Å²) in [5, 5.41) is 2.75. The van der Waals surface area contributed by atoms with Crippen molar-refractivity contribution in [3.63, 3.8) is 0 Å². The number of para-hydroxylation sites is 1. The summed E-state index contributed by atoms with van der Waals surface area (Å²) >= 11 is 0. The third-order valence-electron chi connectivity index (χ3n) is 3.41. The number of alkyl halides is 3. The number of nitrogens with one attached hydrogen (secondary N) is 1. The van der Waals surface area contributed by atoms with Gasteiger partial charge in [0.25, 0.3) is 5.91 Å². The third kappa shape index (κ3) is 4.75. The number of hydrogen-bond donors (Lipinski definition) is 1. The van der Waals surface area contributed by atoms with E-state index >= 15 is 0 Å². The van der Waals surface area contributed by atoms with E-state index in [4.69, 9.17) is 4.74 Å². The van der Waals surface area contributed by atoms with E-state index in [0.29, 0.717) is 30.9 Å². The molecular weight excluding hydrogens is 319 g/mol. The van der Waals surface area contributed by atoms with E-state index in [1.54, 1.807) is 24.3 Å². The number of carbonyl (C=O) groups is 1. The lowest BCUT2D eigenvalue weighted by Gasteiger charge is -2.11. The largest absolute Gasteiger partial charge is 0.493 e. The van der Waals surface area contributed by atoms with Gasteiger partial charge < -0.3 is 10.1 Å². The van der Waals surface area contributed by atoms with Crippen LogP contribution < -0.4 is 10.1 Å². The van der Waals surface area contributed by atoms with Gasteiger partial charge in [-0.1, -0.05) is 24.3 Å². The van der Waals surface area contributed by atoms with Crippen LogP contribution in [0.25, 0.3) is 0 Å². The summed E-state index contributed by atoms with van der Waals surface area (Å²) in [7, 11) is 0. The van der Waals surface area contributed by atoms with Crippen molar-refractivity contribution in [1.29, 1.82) is 0 Å². The Morgan fingerprint density at radius 3 is 2.38 bits per heavy atom. The molecule has 0 heterocycles. The molecule has 24 heavy (non-hydrogen) atoms. The molecule has 2 aromatic carbocycles. The fourth-order valence-corrected chi connectivity index (χ4v) is 2.21. The lowest BCUT2D eigenvalue weighted by molar-refractivity contribution is -0.137. The van der Waals surface area contributed by atoms with Gasteiger partial charge in [-0.2, -0.15) is 13.2 Å². The Balaban J connectivity index is 1.91. The van der Waals surface area contributed by atoms with E-state index in [-0.39, 0.29) is 5.91 Å². The highest BCUT2D eigenvalue weighted by atomic mass is 19.4. The fourth-order valence-electron chi connectivity index (χ4n) is 2.21. The first-order valence-corrected chi connectivity index (χ1v) is 7.58. The van der Waals surface area contributed by atoms with E-state index in [2.05, 4.69) is 5.32 Å². The molecule has 0 unspecified atom stereocenters. The maximum absolute atomic E-state index is 12.5. The summed E-state index contributed by atoms with van der Waals surface area (Å²) in [5.74, 6) is 0.234. The fraction of sp³-hybridized carbons (Fsp3) is 0.278. The highest BCUT2D eigenvalue weighted by molar-refractivity contribution is 5.96. The van der Waals surface area contributed by atoms with Gasteiger partial charge in [-0.25, -0.2) is 0 Å². The van der Waals surface area contributed by atoms with Crippen LogP contribution in [0.3, 0.4) is 0 Å². The summed E-state index contributed by atoms with van der Waals surface area (Å²) in [6.07, 6.45) is -3.89. The molecule has 0 aliphatic heterocycles. The summed E-state index contributed by atoms with van der Waals surface area (Å²) in [6, 6.07) is 11.8. The SMILES string of the molecule is CCOc1ccccc1C(=O)NCCc1ccc(C(F)(F)F)cc1. The van der Waals surface area contributed by atoms with Gasteiger partial charge in [0, 0.05) is 6.54 Å². The quantitative estimate of drug-likeness (QED) is 0.863. The van der Waals surface area contributed by atoms with Crippen LogP contribution in [0.15, 0.2) is 48.5 Å². The van der Waals surface area contributed by atoms with Gasteiger partial charge in [0.1, 0.15) is 5.75 Å². The van der Waals surface area contributed by atoms with Crippen molar-refractivity contribution in [3.8, 4) is 5.75 Å². The number of benzene rings is 2. The number of amides is 1. The summed E-state index contributed by atoms with van der Waals surface area (Å²) < 4.78 is 42.9. The Labute approximate surface area is 138 Å². The number of hydrogen-bond acceptors (Lipinski definition) is 2. The van der Waals surface area contributed by atoms with Crippen molar-refractivity contribution in [2.24, 2.45) is 0 Å². The molecule has 2 rings (SSSR count). The van der Waals surface area contributed by atoms with E-state index in [9.17, 15) is 18.0 Å². The maximum Gasteiger partial charge on any atom is 0.416 e. The normalized spacial score (nSPS) is 11.2. The summed E-state index contributed by atoms with van der Waals surface area (Å²) in [4.78, 5) is 12.2. The van der Waals surface area contributed by atoms with Crippen molar-refractivity contribution >= 4 is 5.91 Å². The van der Waals surface area contributed by atoms with Gasteiger partial charge in [0.15, 0.2) is 0 Å². The molecule has 0 saturated heterocycles. The van der Waals surface area contributed by atoms with Crippen LogP contribution in [0.4, 0.5) is 13.2 Å². The van der Waals surface area contributed by atoms with E-state index in [1.165, 1.54) is 12.1 Å². The molecule has 0 aliphatic carbocycles. The molecule has 0 saturated carbocycles.